The largest absolute Gasteiger partial charge is 0.496 e. The molecule has 2 saturated carbocycles. The van der Waals surface area contributed by atoms with Crippen LogP contribution in [0, 0.1) is 11.3 Å². The maximum atomic E-state index is 14.6. The van der Waals surface area contributed by atoms with E-state index >= 15 is 0 Å². The molecule has 5 atom stereocenters. The number of hydrogen-bond acceptors (Lipinski definition) is 6. The van der Waals surface area contributed by atoms with E-state index in [1.54, 1.807) is 24.3 Å². The van der Waals surface area contributed by atoms with E-state index in [9.17, 15) is 33.1 Å². The summed E-state index contributed by atoms with van der Waals surface area (Å²) in [6.07, 6.45) is 0.425. The molecule has 3 heterocycles. The molecule has 11 nitrogen and oxygen atoms in total. The fraction of sp³-hybridized carbons (Fsp3) is 0.586. The van der Waals surface area contributed by atoms with Crippen molar-refractivity contribution in [2.75, 3.05) is 20.2 Å². The highest BCUT2D eigenvalue weighted by Crippen LogP contribution is 2.66. The second-order valence-corrected chi connectivity index (χ2v) is 12.1. The molecule has 2 saturated heterocycles. The summed E-state index contributed by atoms with van der Waals surface area (Å²) < 4.78 is 34.5. The molecule has 5 N–H and O–H groups in total. The lowest BCUT2D eigenvalue weighted by atomic mass is 9.89. The zero-order valence-corrected chi connectivity index (χ0v) is 23.3. The number of carbonyl (C=O) groups is 4. The van der Waals surface area contributed by atoms with E-state index < -0.39 is 59.6 Å². The number of nitrogens with zero attached hydrogens (tertiary/aromatic N) is 1. The molecule has 13 heteroatoms. The van der Waals surface area contributed by atoms with Crippen LogP contribution in [-0.2, 0) is 14.4 Å². The second kappa shape index (κ2) is 10.5. The van der Waals surface area contributed by atoms with Gasteiger partial charge in [-0.05, 0) is 56.7 Å². The highest BCUT2D eigenvalue weighted by molar-refractivity contribution is 6.02. The average Bonchev–Trinajstić information content (AvgIpc) is 3.73. The fourth-order valence-corrected chi connectivity index (χ4v) is 6.39. The number of carbonyl (C=O) groups excluding carboxylic acids is 4. The Kier molecular flexibility index (Phi) is 7.11. The Hall–Kier alpha value is -3.74. The zero-order chi connectivity index (χ0) is 29.8. The van der Waals surface area contributed by atoms with Gasteiger partial charge in [0.25, 0.3) is 17.7 Å². The monoisotopic (exact) mass is 587 g/mol. The summed E-state index contributed by atoms with van der Waals surface area (Å²) in [6, 6.07) is 4.33. The van der Waals surface area contributed by atoms with E-state index in [0.717, 1.165) is 17.7 Å². The first-order chi connectivity index (χ1) is 20.0. The first-order valence-electron chi connectivity index (χ1n) is 14.4. The van der Waals surface area contributed by atoms with E-state index in [4.69, 9.17) is 4.74 Å². The third-order valence-electron chi connectivity index (χ3n) is 9.12. The van der Waals surface area contributed by atoms with Gasteiger partial charge in [0.05, 0.1) is 18.6 Å². The molecule has 42 heavy (non-hydrogen) atoms. The Morgan fingerprint density at radius 2 is 2.00 bits per heavy atom. The van der Waals surface area contributed by atoms with Crippen LogP contribution in [0.4, 0.5) is 8.78 Å². The van der Waals surface area contributed by atoms with E-state index in [2.05, 4.69) is 20.9 Å². The number of aromatic amines is 1. The van der Waals surface area contributed by atoms with Gasteiger partial charge in [-0.1, -0.05) is 6.07 Å². The maximum absolute atomic E-state index is 14.6. The molecule has 0 radical (unpaired) electrons. The number of rotatable bonds is 9. The molecule has 1 spiro atoms. The molecule has 4 fully saturated rings. The molecule has 2 aliphatic carbocycles. The van der Waals surface area contributed by atoms with Crippen LogP contribution < -0.4 is 20.7 Å². The normalized spacial score (nSPS) is 27.8. The highest BCUT2D eigenvalue weighted by atomic mass is 19.3. The first-order valence-corrected chi connectivity index (χ1v) is 14.4. The summed E-state index contributed by atoms with van der Waals surface area (Å²) in [5.74, 6) is -5.33. The van der Waals surface area contributed by atoms with Gasteiger partial charge in [0.1, 0.15) is 17.5 Å². The van der Waals surface area contributed by atoms with Gasteiger partial charge in [-0.25, -0.2) is 8.78 Å². The van der Waals surface area contributed by atoms with Crippen LogP contribution in [0.5, 0.6) is 5.75 Å². The van der Waals surface area contributed by atoms with Crippen molar-refractivity contribution in [2.45, 2.75) is 75.1 Å². The van der Waals surface area contributed by atoms with Crippen LogP contribution in [0.25, 0.3) is 10.9 Å². The molecule has 1 aromatic carbocycles. The van der Waals surface area contributed by atoms with Crippen molar-refractivity contribution in [3.63, 3.8) is 0 Å². The van der Waals surface area contributed by atoms with E-state index in [0.29, 0.717) is 36.0 Å². The predicted octanol–water partition coefficient (Wildman–Crippen LogP) is 1.46. The second-order valence-electron chi connectivity index (χ2n) is 12.1. The Morgan fingerprint density at radius 1 is 1.24 bits per heavy atom. The number of aliphatic hydroxyl groups is 1. The van der Waals surface area contributed by atoms with Gasteiger partial charge in [0, 0.05) is 42.4 Å². The minimum Gasteiger partial charge on any atom is -0.496 e. The maximum Gasteiger partial charge on any atom is 0.271 e. The highest BCUT2D eigenvalue weighted by Gasteiger charge is 2.75. The number of alkyl halides is 2. The molecule has 2 aromatic rings. The van der Waals surface area contributed by atoms with Crippen LogP contribution >= 0.6 is 0 Å². The summed E-state index contributed by atoms with van der Waals surface area (Å²) >= 11 is 0. The molecular formula is C29H35F2N5O6. The summed E-state index contributed by atoms with van der Waals surface area (Å²) in [5.41, 5.74) is -0.790. The number of halogens is 2. The van der Waals surface area contributed by atoms with Crippen LogP contribution in [0.1, 0.15) is 55.4 Å². The molecule has 1 aromatic heterocycles. The van der Waals surface area contributed by atoms with Gasteiger partial charge in [0.2, 0.25) is 11.8 Å². The number of benzene rings is 1. The number of likely N-dealkylation sites (tertiary alicyclic amines) is 1. The van der Waals surface area contributed by atoms with Gasteiger partial charge in [-0.3, -0.25) is 19.2 Å². The Balaban J connectivity index is 1.25. The van der Waals surface area contributed by atoms with Crippen molar-refractivity contribution in [2.24, 2.45) is 11.3 Å². The standard InChI is InChI=1S/C29H35F2N5O6/c1-42-22-6-2-5-18-17(22)11-20(34-18)27(41)36-14-28(13-29(28,30)31)12-21(36)25(39)35-19(10-15-4-3-9-32-24(15)38)23(37)26(40)33-16-7-8-16/h2,5-6,11,15-16,19,21,23,34,37H,3-4,7-10,12-14H2,1H3,(H,32,38)(H,33,40)(H,35,39)/t15-,19-,21-,23?,28-/m0/s1. The van der Waals surface area contributed by atoms with Crippen LogP contribution in [0.2, 0.25) is 0 Å². The number of nitrogens with one attached hydrogen (secondary N) is 4. The quantitative estimate of drug-likeness (QED) is 0.300. The number of fused-ring (bicyclic) bond motifs is 1. The topological polar surface area (TPSA) is 153 Å². The van der Waals surface area contributed by atoms with Crippen molar-refractivity contribution in [1.82, 2.24) is 25.8 Å². The third-order valence-corrected chi connectivity index (χ3v) is 9.12. The van der Waals surface area contributed by atoms with Gasteiger partial charge >= 0.3 is 0 Å². The first kappa shape index (κ1) is 28.4. The zero-order valence-electron chi connectivity index (χ0n) is 23.3. The number of methoxy groups -OCH3 is 1. The van der Waals surface area contributed by atoms with E-state index in [-0.39, 0.29) is 37.0 Å². The molecular weight excluding hydrogens is 552 g/mol. The minimum absolute atomic E-state index is 0.0133. The number of aliphatic hydroxyl groups excluding tert-OH is 1. The van der Waals surface area contributed by atoms with Gasteiger partial charge in [-0.15, -0.1) is 0 Å². The SMILES string of the molecule is COc1cccc2[nH]c(C(=O)N3C[C@]4(C[C@H]3C(=O)N[C@@H](C[C@@H]3CCCNC3=O)C(O)C(=O)NC3CC3)CC4(F)F)cc12. The van der Waals surface area contributed by atoms with Crippen molar-refractivity contribution >= 4 is 34.5 Å². The number of aromatic nitrogens is 1. The Morgan fingerprint density at radius 3 is 2.67 bits per heavy atom. The average molecular weight is 588 g/mol. The predicted molar refractivity (Wildman–Crippen MR) is 146 cm³/mol. The molecule has 226 valence electrons. The Labute approximate surface area is 240 Å². The lowest BCUT2D eigenvalue weighted by Gasteiger charge is -2.31. The molecule has 6 rings (SSSR count). The van der Waals surface area contributed by atoms with Gasteiger partial charge in [0.15, 0.2) is 6.10 Å². The van der Waals surface area contributed by atoms with Crippen molar-refractivity contribution in [1.29, 1.82) is 0 Å². The van der Waals surface area contributed by atoms with Crippen molar-refractivity contribution in [3.05, 3.63) is 30.0 Å². The summed E-state index contributed by atoms with van der Waals surface area (Å²) in [6.45, 7) is 0.204. The third kappa shape index (κ3) is 5.18. The smallest absolute Gasteiger partial charge is 0.271 e. The summed E-state index contributed by atoms with van der Waals surface area (Å²) in [4.78, 5) is 56.9. The van der Waals surface area contributed by atoms with Crippen LogP contribution in [-0.4, -0.2) is 89.0 Å². The minimum atomic E-state index is -3.02. The van der Waals surface area contributed by atoms with E-state index in [1.165, 1.54) is 7.11 Å². The van der Waals surface area contributed by atoms with Crippen molar-refractivity contribution in [3.8, 4) is 5.75 Å². The number of hydrogen-bond donors (Lipinski definition) is 5. The lowest BCUT2D eigenvalue weighted by molar-refractivity contribution is -0.135. The number of ether oxygens (including phenoxy) is 1. The van der Waals surface area contributed by atoms with Crippen LogP contribution in [0.3, 0.4) is 0 Å². The van der Waals surface area contributed by atoms with Gasteiger partial charge in [-0.2, -0.15) is 0 Å². The molecule has 0 bridgehead atoms. The van der Waals surface area contributed by atoms with Gasteiger partial charge < -0.3 is 35.7 Å². The number of piperidine rings is 1. The molecule has 2 aliphatic heterocycles. The number of H-pyrrole nitrogens is 1. The molecule has 1 unspecified atom stereocenters. The van der Waals surface area contributed by atoms with Crippen molar-refractivity contribution < 1.29 is 37.8 Å². The summed E-state index contributed by atoms with van der Waals surface area (Å²) in [7, 11) is 1.50. The molecule has 4 aliphatic rings. The number of amides is 4. The van der Waals surface area contributed by atoms with E-state index in [1.807, 2.05) is 0 Å². The summed E-state index contributed by atoms with van der Waals surface area (Å²) in [5, 5.41) is 19.7. The fourth-order valence-electron chi connectivity index (χ4n) is 6.39. The van der Waals surface area contributed by atoms with Crippen LogP contribution in [0.15, 0.2) is 24.3 Å². The lowest BCUT2D eigenvalue weighted by Crippen LogP contribution is -2.56. The Bertz CT molecular complexity index is 1430. The molecule has 4 amide bonds.